The summed E-state index contributed by atoms with van der Waals surface area (Å²) in [4.78, 5) is 0. The topological polar surface area (TPSA) is 50.7 Å². The maximum atomic E-state index is 9.94. The Kier molecular flexibility index (Phi) is 4.13. The summed E-state index contributed by atoms with van der Waals surface area (Å²) in [5.41, 5.74) is 3.71. The van der Waals surface area contributed by atoms with Crippen LogP contribution >= 0.6 is 0 Å². The van der Waals surface area contributed by atoms with E-state index in [9.17, 15) is 5.11 Å². The molecule has 0 aromatic heterocycles. The van der Waals surface area contributed by atoms with Crippen LogP contribution < -0.4 is 5.32 Å². The Morgan fingerprint density at radius 1 is 1.16 bits per heavy atom. The lowest BCUT2D eigenvalue weighted by atomic mass is 9.79. The monoisotopic (exact) mass is 341 g/mol. The van der Waals surface area contributed by atoms with Gasteiger partial charge in [0, 0.05) is 23.6 Å². The highest BCUT2D eigenvalue weighted by Gasteiger charge is 2.43. The smallest absolute Gasteiger partial charge is 0.113 e. The van der Waals surface area contributed by atoms with E-state index in [1.54, 1.807) is 6.08 Å². The maximum Gasteiger partial charge on any atom is 0.113 e. The number of benzene rings is 1. The summed E-state index contributed by atoms with van der Waals surface area (Å²) in [5.74, 6) is 0.617. The Hall–Kier alpha value is -1.78. The van der Waals surface area contributed by atoms with Crippen molar-refractivity contribution in [3.63, 3.8) is 0 Å². The number of allylic oxidation sites excluding steroid dienone is 3. The predicted octanol–water partition coefficient (Wildman–Crippen LogP) is 4.25. The molecule has 2 heterocycles. The zero-order valence-corrected chi connectivity index (χ0v) is 15.2. The number of nitrogens with one attached hydrogen (secondary N) is 1. The van der Waals surface area contributed by atoms with E-state index in [1.807, 2.05) is 6.08 Å². The van der Waals surface area contributed by atoms with Crippen molar-refractivity contribution in [2.45, 2.75) is 50.9 Å². The summed E-state index contributed by atoms with van der Waals surface area (Å²) in [5, 5.41) is 13.6. The average Bonchev–Trinajstić information content (AvgIpc) is 2.60. The Morgan fingerprint density at radius 2 is 1.96 bits per heavy atom. The van der Waals surface area contributed by atoms with E-state index in [0.717, 1.165) is 5.69 Å². The van der Waals surface area contributed by atoms with Gasteiger partial charge in [-0.2, -0.15) is 0 Å². The van der Waals surface area contributed by atoms with Gasteiger partial charge in [-0.15, -0.1) is 0 Å². The molecule has 4 nitrogen and oxygen atoms in total. The fourth-order valence-electron chi connectivity index (χ4n) is 4.04. The lowest BCUT2D eigenvalue weighted by molar-refractivity contribution is -0.154. The van der Waals surface area contributed by atoms with Gasteiger partial charge in [0.2, 0.25) is 0 Å². The predicted molar refractivity (Wildman–Crippen MR) is 98.9 cm³/mol. The normalized spacial score (nSPS) is 31.6. The van der Waals surface area contributed by atoms with Crippen LogP contribution in [0.5, 0.6) is 0 Å². The third kappa shape index (κ3) is 3.09. The molecule has 0 spiro atoms. The van der Waals surface area contributed by atoms with Crippen LogP contribution in [-0.4, -0.2) is 30.5 Å². The largest absolute Gasteiger partial charge is 0.512 e. The second kappa shape index (κ2) is 6.19. The number of ether oxygens (including phenoxy) is 2. The minimum absolute atomic E-state index is 0.0444. The molecule has 1 saturated heterocycles. The van der Waals surface area contributed by atoms with E-state index < -0.39 is 0 Å². The van der Waals surface area contributed by atoms with Crippen LogP contribution in [0.25, 0.3) is 0 Å². The molecule has 4 rings (SSSR count). The van der Waals surface area contributed by atoms with Gasteiger partial charge in [-0.1, -0.05) is 45.1 Å². The van der Waals surface area contributed by atoms with Gasteiger partial charge in [0.05, 0.1) is 25.0 Å². The maximum absolute atomic E-state index is 9.94. The van der Waals surface area contributed by atoms with Crippen LogP contribution in [0.2, 0.25) is 0 Å². The number of hydrogen-bond acceptors (Lipinski definition) is 4. The molecule has 1 aliphatic carbocycles. The summed E-state index contributed by atoms with van der Waals surface area (Å²) < 4.78 is 12.3. The molecule has 1 fully saturated rings. The van der Waals surface area contributed by atoms with Crippen molar-refractivity contribution in [2.75, 3.05) is 18.5 Å². The standard InChI is InChI=1S/C21H27NO3/c1-21(2,3)14-7-8-17-16(12-14)19-20(25-10-9-24-19)18(22-17)13-5-4-6-15(23)11-13/h4-8,12-13,18-20,22-23H,9-11H2,1-3H3/t13?,18-,19+,20-/m0/s1. The van der Waals surface area contributed by atoms with Crippen molar-refractivity contribution < 1.29 is 14.6 Å². The third-order valence-electron chi connectivity index (χ3n) is 5.44. The van der Waals surface area contributed by atoms with Crippen molar-refractivity contribution in [3.05, 3.63) is 53.3 Å². The molecule has 0 bridgehead atoms. The van der Waals surface area contributed by atoms with E-state index in [4.69, 9.17) is 9.47 Å². The van der Waals surface area contributed by atoms with Crippen molar-refractivity contribution in [2.24, 2.45) is 5.92 Å². The van der Waals surface area contributed by atoms with Crippen molar-refractivity contribution in [3.8, 4) is 0 Å². The average molecular weight is 341 g/mol. The zero-order valence-electron chi connectivity index (χ0n) is 15.2. The summed E-state index contributed by atoms with van der Waals surface area (Å²) in [6.45, 7) is 7.92. The summed E-state index contributed by atoms with van der Waals surface area (Å²) >= 11 is 0. The molecule has 134 valence electrons. The van der Waals surface area contributed by atoms with Crippen LogP contribution in [0, 0.1) is 5.92 Å². The van der Waals surface area contributed by atoms with Gasteiger partial charge in [0.15, 0.2) is 0 Å². The highest BCUT2D eigenvalue weighted by atomic mass is 16.6. The first kappa shape index (κ1) is 16.7. The molecular formula is C21H27NO3. The van der Waals surface area contributed by atoms with Gasteiger partial charge in [0.25, 0.3) is 0 Å². The molecular weight excluding hydrogens is 314 g/mol. The van der Waals surface area contributed by atoms with Crippen LogP contribution in [0.4, 0.5) is 5.69 Å². The van der Waals surface area contributed by atoms with Crippen LogP contribution in [-0.2, 0) is 14.9 Å². The number of aliphatic hydroxyl groups excluding tert-OH is 1. The number of hydrogen-bond donors (Lipinski definition) is 2. The minimum atomic E-state index is -0.0567. The second-order valence-electron chi connectivity index (χ2n) is 8.26. The molecule has 1 unspecified atom stereocenters. The Labute approximate surface area is 149 Å². The molecule has 4 atom stereocenters. The first-order valence-electron chi connectivity index (χ1n) is 9.14. The van der Waals surface area contributed by atoms with E-state index >= 15 is 0 Å². The minimum Gasteiger partial charge on any atom is -0.512 e. The fourth-order valence-corrected chi connectivity index (χ4v) is 4.04. The number of aliphatic hydroxyl groups is 1. The second-order valence-corrected chi connectivity index (χ2v) is 8.26. The SMILES string of the molecule is CC(C)(C)c1ccc2c(c1)[C@H]1OCCO[C@H]1[C@H](C1C=CC=C(O)C1)N2. The Morgan fingerprint density at radius 3 is 2.72 bits per heavy atom. The van der Waals surface area contributed by atoms with Gasteiger partial charge in [-0.25, -0.2) is 0 Å². The van der Waals surface area contributed by atoms with Gasteiger partial charge in [0.1, 0.15) is 12.2 Å². The first-order valence-corrected chi connectivity index (χ1v) is 9.14. The number of anilines is 1. The Balaban J connectivity index is 1.70. The molecule has 0 radical (unpaired) electrons. The first-order chi connectivity index (χ1) is 11.9. The molecule has 3 aliphatic rings. The van der Waals surface area contributed by atoms with Crippen molar-refractivity contribution in [1.29, 1.82) is 0 Å². The Bertz CT molecular complexity index is 716. The fraction of sp³-hybridized carbons (Fsp3) is 0.524. The molecule has 0 amide bonds. The zero-order chi connectivity index (χ0) is 17.6. The van der Waals surface area contributed by atoms with E-state index in [2.05, 4.69) is 50.4 Å². The lowest BCUT2D eigenvalue weighted by Crippen LogP contribution is -2.51. The molecule has 2 N–H and O–H groups in total. The van der Waals surface area contributed by atoms with Gasteiger partial charge in [-0.3, -0.25) is 0 Å². The lowest BCUT2D eigenvalue weighted by Gasteiger charge is -2.45. The van der Waals surface area contributed by atoms with Crippen molar-refractivity contribution in [1.82, 2.24) is 0 Å². The van der Waals surface area contributed by atoms with E-state index in [-0.39, 0.29) is 29.6 Å². The van der Waals surface area contributed by atoms with Gasteiger partial charge < -0.3 is 19.9 Å². The molecule has 4 heteroatoms. The number of rotatable bonds is 1. The van der Waals surface area contributed by atoms with Crippen LogP contribution in [0.1, 0.15) is 44.4 Å². The number of fused-ring (bicyclic) bond motifs is 3. The third-order valence-corrected chi connectivity index (χ3v) is 5.44. The van der Waals surface area contributed by atoms with E-state index in [1.165, 1.54) is 11.1 Å². The highest BCUT2D eigenvalue weighted by molar-refractivity contribution is 5.58. The quantitative estimate of drug-likeness (QED) is 0.802. The van der Waals surface area contributed by atoms with Gasteiger partial charge in [-0.05, 0) is 23.1 Å². The molecule has 25 heavy (non-hydrogen) atoms. The molecule has 1 aromatic carbocycles. The van der Waals surface area contributed by atoms with E-state index in [0.29, 0.717) is 25.4 Å². The highest BCUT2D eigenvalue weighted by Crippen LogP contribution is 2.43. The molecule has 0 saturated carbocycles. The summed E-state index contributed by atoms with van der Waals surface area (Å²) in [6, 6.07) is 6.71. The van der Waals surface area contributed by atoms with Gasteiger partial charge >= 0.3 is 0 Å². The van der Waals surface area contributed by atoms with Crippen LogP contribution in [0.15, 0.2) is 42.2 Å². The van der Waals surface area contributed by atoms with Crippen molar-refractivity contribution >= 4 is 5.69 Å². The molecule has 2 aliphatic heterocycles. The summed E-state index contributed by atoms with van der Waals surface area (Å²) in [7, 11) is 0. The molecule has 1 aromatic rings. The summed E-state index contributed by atoms with van der Waals surface area (Å²) in [6.07, 6.45) is 6.38. The van der Waals surface area contributed by atoms with Crippen LogP contribution in [0.3, 0.4) is 0 Å².